The van der Waals surface area contributed by atoms with Crippen molar-refractivity contribution in [2.24, 2.45) is 0 Å². The minimum atomic E-state index is -4.77. The van der Waals surface area contributed by atoms with Crippen LogP contribution in [-0.4, -0.2) is 13.4 Å². The highest BCUT2D eigenvalue weighted by Gasteiger charge is 2.31. The number of nitrogens with one attached hydrogen (secondary N) is 1. The summed E-state index contributed by atoms with van der Waals surface area (Å²) in [5, 5.41) is 0. The van der Waals surface area contributed by atoms with E-state index in [1.54, 1.807) is 19.2 Å². The molecule has 0 fully saturated rings. The molecule has 0 radical (unpaired) electrons. The number of halogens is 3. The number of hydrogen-bond donors (Lipinski definition) is 2. The molecule has 2 aromatic rings. The van der Waals surface area contributed by atoms with Crippen molar-refractivity contribution in [3.63, 3.8) is 0 Å². The number of hydroxylamine groups is 1. The van der Waals surface area contributed by atoms with Crippen LogP contribution in [0.2, 0.25) is 0 Å². The average Bonchev–Trinajstić information content (AvgIpc) is 2.40. The number of rotatable bonds is 5. The molecular formula is C14H13F3N2O3. The van der Waals surface area contributed by atoms with E-state index in [2.05, 4.69) is 10.2 Å². The molecule has 5 nitrogen and oxygen atoms in total. The predicted octanol–water partition coefficient (Wildman–Crippen LogP) is 3.47. The highest BCUT2D eigenvalue weighted by molar-refractivity contribution is 5.53. The monoisotopic (exact) mass is 314 g/mol. The van der Waals surface area contributed by atoms with Crippen LogP contribution in [-0.2, 0) is 0 Å². The number of hydrogen-bond acceptors (Lipinski definition) is 5. The molecule has 0 spiro atoms. The first-order valence-electron chi connectivity index (χ1n) is 6.14. The predicted molar refractivity (Wildman–Crippen MR) is 73.7 cm³/mol. The lowest BCUT2D eigenvalue weighted by Crippen LogP contribution is -2.17. The summed E-state index contributed by atoms with van der Waals surface area (Å²) < 4.78 is 46.0. The Balaban J connectivity index is 2.24. The third kappa shape index (κ3) is 4.45. The molecule has 2 rings (SSSR count). The average molecular weight is 314 g/mol. The van der Waals surface area contributed by atoms with Gasteiger partial charge in [-0.3, -0.25) is 0 Å². The summed E-state index contributed by atoms with van der Waals surface area (Å²) in [6.45, 7) is 0. The molecule has 0 unspecified atom stereocenters. The first kappa shape index (κ1) is 15.8. The van der Waals surface area contributed by atoms with Gasteiger partial charge in [0.15, 0.2) is 11.5 Å². The standard InChI is InChI=1S/C14H13F3N2O3/c1-19-22-12-6-5-9(18)7-13(12)20-10-3-2-4-11(8-10)21-14(15,16)17/h2-8,19H,18H2,1H3. The molecule has 0 aromatic heterocycles. The van der Waals surface area contributed by atoms with Gasteiger partial charge in [-0.25, -0.2) is 0 Å². The third-order valence-electron chi connectivity index (χ3n) is 2.45. The van der Waals surface area contributed by atoms with Crippen molar-refractivity contribution < 1.29 is 27.5 Å². The molecule has 0 aliphatic rings. The Morgan fingerprint density at radius 3 is 2.41 bits per heavy atom. The van der Waals surface area contributed by atoms with Crippen LogP contribution in [0, 0.1) is 0 Å². The maximum Gasteiger partial charge on any atom is 0.573 e. The smallest absolute Gasteiger partial charge is 0.453 e. The van der Waals surface area contributed by atoms with Crippen LogP contribution in [0.25, 0.3) is 0 Å². The SMILES string of the molecule is CNOc1ccc(N)cc1Oc1cccc(OC(F)(F)F)c1. The number of alkyl halides is 3. The molecule has 0 bridgehead atoms. The summed E-state index contributed by atoms with van der Waals surface area (Å²) in [5.41, 5.74) is 8.56. The molecule has 0 aliphatic carbocycles. The zero-order valence-corrected chi connectivity index (χ0v) is 11.5. The van der Waals surface area contributed by atoms with Gasteiger partial charge in [0.2, 0.25) is 0 Å². The number of nitrogens with two attached hydrogens (primary N) is 1. The Morgan fingerprint density at radius 1 is 1.00 bits per heavy atom. The summed E-state index contributed by atoms with van der Waals surface area (Å²) in [4.78, 5) is 5.13. The van der Waals surface area contributed by atoms with Gasteiger partial charge >= 0.3 is 6.36 Å². The first-order chi connectivity index (χ1) is 10.4. The van der Waals surface area contributed by atoms with Gasteiger partial charge in [0.25, 0.3) is 0 Å². The zero-order chi connectivity index (χ0) is 16.2. The van der Waals surface area contributed by atoms with E-state index in [4.69, 9.17) is 15.3 Å². The van der Waals surface area contributed by atoms with Crippen LogP contribution in [0.3, 0.4) is 0 Å². The Labute approximate surface area is 124 Å². The summed E-state index contributed by atoms with van der Waals surface area (Å²) in [6, 6.07) is 9.80. The minimum absolute atomic E-state index is 0.147. The van der Waals surface area contributed by atoms with Crippen LogP contribution < -0.4 is 25.5 Å². The van der Waals surface area contributed by atoms with E-state index >= 15 is 0 Å². The van der Waals surface area contributed by atoms with E-state index in [0.29, 0.717) is 11.4 Å². The van der Waals surface area contributed by atoms with Crippen molar-refractivity contribution in [2.45, 2.75) is 6.36 Å². The van der Waals surface area contributed by atoms with Gasteiger partial charge < -0.3 is 20.0 Å². The summed E-state index contributed by atoms with van der Waals surface area (Å²) in [5.74, 6) is 0.343. The molecule has 118 valence electrons. The lowest BCUT2D eigenvalue weighted by molar-refractivity contribution is -0.274. The molecule has 0 amide bonds. The quantitative estimate of drug-likeness (QED) is 0.653. The van der Waals surface area contributed by atoms with Gasteiger partial charge in [0.1, 0.15) is 11.5 Å². The fourth-order valence-corrected chi connectivity index (χ4v) is 1.66. The van der Waals surface area contributed by atoms with Crippen LogP contribution >= 0.6 is 0 Å². The Morgan fingerprint density at radius 2 is 1.73 bits per heavy atom. The van der Waals surface area contributed by atoms with Crippen molar-refractivity contribution >= 4 is 5.69 Å². The molecule has 3 N–H and O–H groups in total. The highest BCUT2D eigenvalue weighted by Crippen LogP contribution is 2.34. The fraction of sp³-hybridized carbons (Fsp3) is 0.143. The highest BCUT2D eigenvalue weighted by atomic mass is 19.4. The van der Waals surface area contributed by atoms with E-state index in [1.165, 1.54) is 24.3 Å². The van der Waals surface area contributed by atoms with Crippen LogP contribution in [0.15, 0.2) is 42.5 Å². The largest absolute Gasteiger partial charge is 0.573 e. The lowest BCUT2D eigenvalue weighted by Gasteiger charge is -2.13. The maximum absolute atomic E-state index is 12.2. The summed E-state index contributed by atoms with van der Waals surface area (Å²) in [6.07, 6.45) is -4.77. The van der Waals surface area contributed by atoms with Crippen LogP contribution in [0.1, 0.15) is 0 Å². The van der Waals surface area contributed by atoms with Crippen molar-refractivity contribution in [1.29, 1.82) is 0 Å². The van der Waals surface area contributed by atoms with E-state index in [-0.39, 0.29) is 17.2 Å². The minimum Gasteiger partial charge on any atom is -0.453 e. The van der Waals surface area contributed by atoms with Crippen molar-refractivity contribution in [1.82, 2.24) is 5.48 Å². The molecule has 8 heteroatoms. The van der Waals surface area contributed by atoms with Crippen molar-refractivity contribution in [2.75, 3.05) is 12.8 Å². The number of nitrogen functional groups attached to an aromatic ring is 1. The van der Waals surface area contributed by atoms with Gasteiger partial charge in [-0.05, 0) is 24.3 Å². The fourth-order valence-electron chi connectivity index (χ4n) is 1.66. The van der Waals surface area contributed by atoms with Gasteiger partial charge in [0.05, 0.1) is 0 Å². The Bertz CT molecular complexity index is 647. The van der Waals surface area contributed by atoms with Crippen LogP contribution in [0.5, 0.6) is 23.0 Å². The second kappa shape index (κ2) is 6.44. The molecule has 2 aromatic carbocycles. The molecular weight excluding hydrogens is 301 g/mol. The number of anilines is 1. The third-order valence-corrected chi connectivity index (χ3v) is 2.45. The molecule has 0 atom stereocenters. The molecule has 0 saturated carbocycles. The topological polar surface area (TPSA) is 65.7 Å². The van der Waals surface area contributed by atoms with Gasteiger partial charge in [-0.15, -0.1) is 13.2 Å². The second-order valence-corrected chi connectivity index (χ2v) is 4.14. The second-order valence-electron chi connectivity index (χ2n) is 4.14. The van der Waals surface area contributed by atoms with Crippen molar-refractivity contribution in [3.05, 3.63) is 42.5 Å². The Kier molecular flexibility index (Phi) is 4.62. The number of ether oxygens (including phenoxy) is 2. The summed E-state index contributed by atoms with van der Waals surface area (Å²) in [7, 11) is 1.55. The normalized spacial score (nSPS) is 11.1. The molecule has 0 saturated heterocycles. The van der Waals surface area contributed by atoms with E-state index < -0.39 is 6.36 Å². The van der Waals surface area contributed by atoms with E-state index in [0.717, 1.165) is 6.07 Å². The summed E-state index contributed by atoms with van der Waals surface area (Å²) >= 11 is 0. The number of benzene rings is 2. The van der Waals surface area contributed by atoms with Gasteiger partial charge in [0, 0.05) is 24.9 Å². The molecule has 0 heterocycles. The van der Waals surface area contributed by atoms with Crippen molar-refractivity contribution in [3.8, 4) is 23.0 Å². The zero-order valence-electron chi connectivity index (χ0n) is 11.5. The lowest BCUT2D eigenvalue weighted by atomic mass is 10.2. The van der Waals surface area contributed by atoms with Crippen LogP contribution in [0.4, 0.5) is 18.9 Å². The van der Waals surface area contributed by atoms with E-state index in [9.17, 15) is 13.2 Å². The maximum atomic E-state index is 12.2. The Hall–Kier alpha value is -2.61. The van der Waals surface area contributed by atoms with Gasteiger partial charge in [-0.1, -0.05) is 6.07 Å². The molecule has 22 heavy (non-hydrogen) atoms. The molecule has 0 aliphatic heterocycles. The van der Waals surface area contributed by atoms with Gasteiger partial charge in [-0.2, -0.15) is 5.48 Å². The van der Waals surface area contributed by atoms with E-state index in [1.807, 2.05) is 0 Å². The first-order valence-corrected chi connectivity index (χ1v) is 6.14.